The molecule has 15 heavy (non-hydrogen) atoms. The molecule has 3 nitrogen and oxygen atoms in total. The van der Waals surface area contributed by atoms with Crippen molar-refractivity contribution in [2.45, 2.75) is 25.3 Å². The van der Waals surface area contributed by atoms with Crippen LogP contribution in [0, 0.1) is 5.82 Å². The molecule has 2 rings (SSSR count). The average molecular weight is 208 g/mol. The van der Waals surface area contributed by atoms with Gasteiger partial charge in [0.15, 0.2) is 0 Å². The number of fused-ring (bicyclic) bond motifs is 1. The number of amides is 1. The lowest BCUT2D eigenvalue weighted by molar-refractivity contribution is -0.119. The van der Waals surface area contributed by atoms with Gasteiger partial charge in [0, 0.05) is 11.1 Å². The van der Waals surface area contributed by atoms with Crippen molar-refractivity contribution in [2.24, 2.45) is 5.73 Å². The first kappa shape index (κ1) is 9.96. The summed E-state index contributed by atoms with van der Waals surface area (Å²) in [6.07, 6.45) is 0. The van der Waals surface area contributed by atoms with E-state index < -0.39 is 17.4 Å². The van der Waals surface area contributed by atoms with E-state index in [4.69, 9.17) is 5.73 Å². The maximum absolute atomic E-state index is 13.1. The van der Waals surface area contributed by atoms with E-state index in [-0.39, 0.29) is 5.82 Å². The summed E-state index contributed by atoms with van der Waals surface area (Å²) in [5.41, 5.74) is 6.41. The molecule has 1 aromatic rings. The number of rotatable bonds is 1. The Morgan fingerprint density at radius 1 is 1.53 bits per heavy atom. The molecule has 1 aromatic carbocycles. The standard InChI is InChI=1S/C11H13FN2O/c1-11(2)7-5-6(12)3-4-8(7)14-9(11)10(13)15/h3-5,9,14H,1-2H3,(H2,13,15)/t9-/m1/s1. The smallest absolute Gasteiger partial charge is 0.240 e. The Labute approximate surface area is 87.5 Å². The van der Waals surface area contributed by atoms with Gasteiger partial charge >= 0.3 is 0 Å². The maximum Gasteiger partial charge on any atom is 0.240 e. The highest BCUT2D eigenvalue weighted by atomic mass is 19.1. The Bertz CT molecular complexity index is 429. The summed E-state index contributed by atoms with van der Waals surface area (Å²) >= 11 is 0. The van der Waals surface area contributed by atoms with E-state index in [2.05, 4.69) is 5.32 Å². The quantitative estimate of drug-likeness (QED) is 0.732. The molecule has 0 unspecified atom stereocenters. The Morgan fingerprint density at radius 2 is 2.20 bits per heavy atom. The topological polar surface area (TPSA) is 55.1 Å². The number of carbonyl (C=O) groups is 1. The third kappa shape index (κ3) is 1.37. The molecule has 1 aliphatic rings. The van der Waals surface area contributed by atoms with Crippen molar-refractivity contribution in [3.05, 3.63) is 29.6 Å². The number of carbonyl (C=O) groups excluding carboxylic acids is 1. The van der Waals surface area contributed by atoms with E-state index in [1.165, 1.54) is 12.1 Å². The third-order valence-corrected chi connectivity index (χ3v) is 2.98. The van der Waals surface area contributed by atoms with Gasteiger partial charge in [0.2, 0.25) is 5.91 Å². The zero-order valence-electron chi connectivity index (χ0n) is 8.67. The fourth-order valence-electron chi connectivity index (χ4n) is 2.09. The second-order valence-electron chi connectivity index (χ2n) is 4.39. The Balaban J connectivity index is 2.53. The SMILES string of the molecule is CC1(C)c2cc(F)ccc2N[C@@H]1C(N)=O. The van der Waals surface area contributed by atoms with Crippen LogP contribution in [0.1, 0.15) is 19.4 Å². The average Bonchev–Trinajstić information content (AvgIpc) is 2.39. The largest absolute Gasteiger partial charge is 0.373 e. The van der Waals surface area contributed by atoms with Gasteiger partial charge in [0.05, 0.1) is 0 Å². The van der Waals surface area contributed by atoms with Crippen LogP contribution >= 0.6 is 0 Å². The number of nitrogens with two attached hydrogens (primary N) is 1. The van der Waals surface area contributed by atoms with Crippen molar-refractivity contribution in [1.82, 2.24) is 0 Å². The molecule has 1 aliphatic heterocycles. The molecule has 0 radical (unpaired) electrons. The fourth-order valence-corrected chi connectivity index (χ4v) is 2.09. The molecule has 3 N–H and O–H groups in total. The number of anilines is 1. The van der Waals surface area contributed by atoms with Gasteiger partial charge in [-0.05, 0) is 23.8 Å². The molecule has 0 aromatic heterocycles. The van der Waals surface area contributed by atoms with Gasteiger partial charge < -0.3 is 11.1 Å². The number of halogens is 1. The minimum Gasteiger partial charge on any atom is -0.373 e. The highest BCUT2D eigenvalue weighted by Gasteiger charge is 2.42. The predicted octanol–water partition coefficient (Wildman–Crippen LogP) is 1.38. The summed E-state index contributed by atoms with van der Waals surface area (Å²) in [4.78, 5) is 11.2. The Kier molecular flexibility index (Phi) is 1.96. The highest BCUT2D eigenvalue weighted by molar-refractivity contribution is 5.88. The van der Waals surface area contributed by atoms with Crippen molar-refractivity contribution < 1.29 is 9.18 Å². The van der Waals surface area contributed by atoms with Crippen molar-refractivity contribution in [3.63, 3.8) is 0 Å². The lowest BCUT2D eigenvalue weighted by Gasteiger charge is -2.24. The third-order valence-electron chi connectivity index (χ3n) is 2.98. The molecule has 0 spiro atoms. The van der Waals surface area contributed by atoms with Crippen molar-refractivity contribution in [3.8, 4) is 0 Å². The number of hydrogen-bond donors (Lipinski definition) is 2. The van der Waals surface area contributed by atoms with Gasteiger partial charge in [-0.2, -0.15) is 0 Å². The van der Waals surface area contributed by atoms with Crippen LogP contribution in [0.2, 0.25) is 0 Å². The van der Waals surface area contributed by atoms with Crippen LogP contribution < -0.4 is 11.1 Å². The van der Waals surface area contributed by atoms with E-state index in [1.807, 2.05) is 13.8 Å². The van der Waals surface area contributed by atoms with Gasteiger partial charge in [0.25, 0.3) is 0 Å². The van der Waals surface area contributed by atoms with E-state index >= 15 is 0 Å². The molecule has 0 aliphatic carbocycles. The zero-order chi connectivity index (χ0) is 11.2. The number of benzene rings is 1. The van der Waals surface area contributed by atoms with E-state index in [0.29, 0.717) is 0 Å². The molecule has 0 saturated heterocycles. The number of nitrogens with one attached hydrogen (secondary N) is 1. The highest BCUT2D eigenvalue weighted by Crippen LogP contribution is 2.40. The van der Waals surface area contributed by atoms with E-state index in [9.17, 15) is 9.18 Å². The van der Waals surface area contributed by atoms with E-state index in [1.54, 1.807) is 6.07 Å². The summed E-state index contributed by atoms with van der Waals surface area (Å²) in [5.74, 6) is -0.717. The minimum absolute atomic E-state index is 0.297. The van der Waals surface area contributed by atoms with Crippen molar-refractivity contribution >= 4 is 11.6 Å². The van der Waals surface area contributed by atoms with Gasteiger partial charge in [-0.15, -0.1) is 0 Å². The Morgan fingerprint density at radius 3 is 2.80 bits per heavy atom. The van der Waals surface area contributed by atoms with Crippen LogP contribution in [0.3, 0.4) is 0 Å². The van der Waals surface area contributed by atoms with Crippen LogP contribution in [0.25, 0.3) is 0 Å². The zero-order valence-corrected chi connectivity index (χ0v) is 8.67. The first-order chi connectivity index (χ1) is 6.93. The molecular formula is C11H13FN2O. The molecule has 4 heteroatoms. The monoisotopic (exact) mass is 208 g/mol. The van der Waals surface area contributed by atoms with Crippen molar-refractivity contribution in [1.29, 1.82) is 0 Å². The predicted molar refractivity (Wildman–Crippen MR) is 56.0 cm³/mol. The summed E-state index contributed by atoms with van der Waals surface area (Å²) < 4.78 is 13.1. The molecule has 1 heterocycles. The molecule has 80 valence electrons. The molecule has 0 saturated carbocycles. The Hall–Kier alpha value is -1.58. The van der Waals surface area contributed by atoms with E-state index in [0.717, 1.165) is 11.3 Å². The second kappa shape index (κ2) is 2.95. The van der Waals surface area contributed by atoms with Gasteiger partial charge in [-0.3, -0.25) is 4.79 Å². The minimum atomic E-state index is -0.478. The van der Waals surface area contributed by atoms with Crippen LogP contribution in [0.15, 0.2) is 18.2 Å². The first-order valence-corrected chi connectivity index (χ1v) is 4.79. The van der Waals surface area contributed by atoms with Gasteiger partial charge in [-0.1, -0.05) is 13.8 Å². The molecule has 0 bridgehead atoms. The number of primary amides is 1. The first-order valence-electron chi connectivity index (χ1n) is 4.79. The summed E-state index contributed by atoms with van der Waals surface area (Å²) in [5, 5.41) is 3.01. The molecule has 1 amide bonds. The molecule has 0 fully saturated rings. The van der Waals surface area contributed by atoms with Crippen LogP contribution in [-0.2, 0) is 10.2 Å². The second-order valence-corrected chi connectivity index (χ2v) is 4.39. The van der Waals surface area contributed by atoms with Gasteiger partial charge in [0.1, 0.15) is 11.9 Å². The van der Waals surface area contributed by atoms with Crippen LogP contribution in [0.5, 0.6) is 0 Å². The normalized spacial score (nSPS) is 21.9. The summed E-state index contributed by atoms with van der Waals surface area (Å²) in [7, 11) is 0. The summed E-state index contributed by atoms with van der Waals surface area (Å²) in [6.45, 7) is 3.75. The fraction of sp³-hybridized carbons (Fsp3) is 0.364. The van der Waals surface area contributed by atoms with Crippen LogP contribution in [0.4, 0.5) is 10.1 Å². The van der Waals surface area contributed by atoms with Gasteiger partial charge in [-0.25, -0.2) is 4.39 Å². The maximum atomic E-state index is 13.1. The lowest BCUT2D eigenvalue weighted by Crippen LogP contribution is -2.44. The number of hydrogen-bond acceptors (Lipinski definition) is 2. The molecule has 1 atom stereocenters. The molecular weight excluding hydrogens is 195 g/mol. The summed E-state index contributed by atoms with van der Waals surface area (Å²) in [6, 6.07) is 3.97. The lowest BCUT2D eigenvalue weighted by atomic mass is 9.80. The van der Waals surface area contributed by atoms with Crippen molar-refractivity contribution in [2.75, 3.05) is 5.32 Å². The van der Waals surface area contributed by atoms with Crippen LogP contribution in [-0.4, -0.2) is 11.9 Å².